The van der Waals surface area contributed by atoms with Crippen molar-refractivity contribution in [1.29, 1.82) is 0 Å². The molecular weight excluding hydrogens is 200 g/mol. The van der Waals surface area contributed by atoms with Gasteiger partial charge in [0.2, 0.25) is 0 Å². The van der Waals surface area contributed by atoms with Gasteiger partial charge in [-0.25, -0.2) is 0 Å². The molecule has 2 aromatic heterocycles. The fourth-order valence-electron chi connectivity index (χ4n) is 0.724. The van der Waals surface area contributed by atoms with Crippen LogP contribution in [0.1, 0.15) is 0 Å². The molecule has 5 heteroatoms. The summed E-state index contributed by atoms with van der Waals surface area (Å²) >= 11 is 8.61. The largest absolute Gasteiger partial charge is 0.137 e. The zero-order valence-electron chi connectivity index (χ0n) is 5.32. The van der Waals surface area contributed by atoms with E-state index in [2.05, 4.69) is 9.59 Å². The van der Waals surface area contributed by atoms with Crippen molar-refractivity contribution in [1.82, 2.24) is 9.59 Å². The Morgan fingerprint density at radius 3 is 2.82 bits per heavy atom. The topological polar surface area (TPSA) is 25.8 Å². The van der Waals surface area contributed by atoms with E-state index in [4.69, 9.17) is 11.6 Å². The van der Waals surface area contributed by atoms with Gasteiger partial charge < -0.3 is 0 Å². The van der Waals surface area contributed by atoms with E-state index in [1.807, 2.05) is 17.5 Å². The summed E-state index contributed by atoms with van der Waals surface area (Å²) in [7, 11) is 0. The Labute approximate surface area is 76.6 Å². The van der Waals surface area contributed by atoms with Crippen LogP contribution in [-0.4, -0.2) is 9.59 Å². The van der Waals surface area contributed by atoms with Gasteiger partial charge in [0.15, 0.2) is 0 Å². The van der Waals surface area contributed by atoms with Crippen molar-refractivity contribution >= 4 is 34.5 Å². The third-order valence-electron chi connectivity index (χ3n) is 1.19. The summed E-state index contributed by atoms with van der Waals surface area (Å²) < 4.78 is 4.55. The summed E-state index contributed by atoms with van der Waals surface area (Å²) in [6.07, 6.45) is 0. The van der Waals surface area contributed by atoms with Gasteiger partial charge in [0, 0.05) is 5.38 Å². The minimum Gasteiger partial charge on any atom is -0.137 e. The Morgan fingerprint density at radius 1 is 1.36 bits per heavy atom. The van der Waals surface area contributed by atoms with Crippen LogP contribution >= 0.6 is 34.5 Å². The van der Waals surface area contributed by atoms with Crippen LogP contribution in [-0.2, 0) is 0 Å². The van der Waals surface area contributed by atoms with Crippen molar-refractivity contribution in [2.45, 2.75) is 0 Å². The van der Waals surface area contributed by atoms with Crippen molar-refractivity contribution in [3.63, 3.8) is 0 Å². The average Bonchev–Trinajstić information content (AvgIpc) is 2.55. The van der Waals surface area contributed by atoms with Gasteiger partial charge in [-0.15, -0.1) is 16.4 Å². The summed E-state index contributed by atoms with van der Waals surface area (Å²) in [6, 6.07) is 3.81. The molecule has 0 saturated carbocycles. The molecule has 0 saturated heterocycles. The van der Waals surface area contributed by atoms with Gasteiger partial charge in [0.1, 0.15) is 5.69 Å². The molecule has 2 rings (SSSR count). The molecule has 2 aromatic rings. The lowest BCUT2D eigenvalue weighted by atomic mass is 10.4. The van der Waals surface area contributed by atoms with Gasteiger partial charge in [-0.1, -0.05) is 16.1 Å². The second-order valence-electron chi connectivity index (χ2n) is 1.89. The van der Waals surface area contributed by atoms with Gasteiger partial charge in [0.05, 0.1) is 9.21 Å². The second kappa shape index (κ2) is 2.89. The zero-order chi connectivity index (χ0) is 7.68. The number of nitrogens with zero attached hydrogens (tertiary/aromatic N) is 2. The highest BCUT2D eigenvalue weighted by Gasteiger charge is 2.02. The SMILES string of the molecule is Clc1ccc(-c2csnn2)s1. The van der Waals surface area contributed by atoms with E-state index in [1.165, 1.54) is 22.9 Å². The van der Waals surface area contributed by atoms with Gasteiger partial charge in [-0.05, 0) is 23.7 Å². The van der Waals surface area contributed by atoms with Crippen molar-refractivity contribution in [2.24, 2.45) is 0 Å². The van der Waals surface area contributed by atoms with Gasteiger partial charge in [0.25, 0.3) is 0 Å². The third kappa shape index (κ3) is 1.42. The summed E-state index contributed by atoms with van der Waals surface area (Å²) in [4.78, 5) is 1.07. The predicted octanol–water partition coefficient (Wildman–Crippen LogP) is 2.92. The molecule has 0 aromatic carbocycles. The standard InChI is InChI=1S/C6H3ClN2S2/c7-6-2-1-5(11-6)4-3-10-9-8-4/h1-3H. The highest BCUT2D eigenvalue weighted by molar-refractivity contribution is 7.19. The molecule has 0 unspecified atom stereocenters. The summed E-state index contributed by atoms with van der Waals surface area (Å²) in [5, 5.41) is 5.83. The van der Waals surface area contributed by atoms with E-state index >= 15 is 0 Å². The van der Waals surface area contributed by atoms with Crippen molar-refractivity contribution in [3.8, 4) is 10.6 Å². The maximum Gasteiger partial charge on any atom is 0.115 e. The first kappa shape index (κ1) is 7.21. The summed E-state index contributed by atoms with van der Waals surface area (Å²) in [5.74, 6) is 0. The van der Waals surface area contributed by atoms with Crippen molar-refractivity contribution < 1.29 is 0 Å². The van der Waals surface area contributed by atoms with Gasteiger partial charge >= 0.3 is 0 Å². The molecule has 0 fully saturated rings. The lowest BCUT2D eigenvalue weighted by Gasteiger charge is -1.82. The number of thiophene rings is 1. The number of hydrogen-bond acceptors (Lipinski definition) is 4. The van der Waals surface area contributed by atoms with Crippen molar-refractivity contribution in [2.75, 3.05) is 0 Å². The Balaban J connectivity index is 2.45. The Kier molecular flexibility index (Phi) is 1.89. The fraction of sp³-hybridized carbons (Fsp3) is 0. The summed E-state index contributed by atoms with van der Waals surface area (Å²) in [5.41, 5.74) is 0.909. The Hall–Kier alpha value is -0.450. The molecule has 0 radical (unpaired) electrons. The highest BCUT2D eigenvalue weighted by atomic mass is 35.5. The maximum absolute atomic E-state index is 5.75. The van der Waals surface area contributed by atoms with E-state index in [0.29, 0.717) is 0 Å². The first-order chi connectivity index (χ1) is 5.36. The molecule has 2 heterocycles. The first-order valence-electron chi connectivity index (χ1n) is 2.89. The monoisotopic (exact) mass is 202 g/mol. The molecule has 0 N–H and O–H groups in total. The van der Waals surface area contributed by atoms with Gasteiger partial charge in [-0.3, -0.25) is 0 Å². The number of halogens is 1. The lowest BCUT2D eigenvalue weighted by molar-refractivity contribution is 1.17. The van der Waals surface area contributed by atoms with E-state index in [0.717, 1.165) is 14.9 Å². The molecule has 0 bridgehead atoms. The molecule has 0 amide bonds. The fourth-order valence-corrected chi connectivity index (χ4v) is 2.25. The molecule has 0 atom stereocenters. The van der Waals surface area contributed by atoms with E-state index < -0.39 is 0 Å². The van der Waals surface area contributed by atoms with Crippen LogP contribution in [0.3, 0.4) is 0 Å². The lowest BCUT2D eigenvalue weighted by Crippen LogP contribution is -1.69. The van der Waals surface area contributed by atoms with Crippen LogP contribution in [0, 0.1) is 0 Å². The average molecular weight is 203 g/mol. The molecular formula is C6H3ClN2S2. The number of rotatable bonds is 1. The van der Waals surface area contributed by atoms with Gasteiger partial charge in [-0.2, -0.15) is 0 Å². The Bertz CT molecular complexity index is 341. The molecule has 11 heavy (non-hydrogen) atoms. The number of hydrogen-bond donors (Lipinski definition) is 0. The van der Waals surface area contributed by atoms with Crippen LogP contribution in [0.4, 0.5) is 0 Å². The second-order valence-corrected chi connectivity index (χ2v) is 4.22. The first-order valence-corrected chi connectivity index (χ1v) is 4.92. The summed E-state index contributed by atoms with van der Waals surface area (Å²) in [6.45, 7) is 0. The van der Waals surface area contributed by atoms with E-state index in [9.17, 15) is 0 Å². The van der Waals surface area contributed by atoms with Crippen LogP contribution in [0.25, 0.3) is 10.6 Å². The van der Waals surface area contributed by atoms with Crippen LogP contribution in [0.15, 0.2) is 17.5 Å². The molecule has 2 nitrogen and oxygen atoms in total. The Morgan fingerprint density at radius 2 is 2.27 bits per heavy atom. The normalized spacial score (nSPS) is 10.3. The number of aromatic nitrogens is 2. The minimum absolute atomic E-state index is 0.785. The molecule has 0 spiro atoms. The molecule has 0 aliphatic carbocycles. The maximum atomic E-state index is 5.75. The van der Waals surface area contributed by atoms with Crippen LogP contribution in [0.5, 0.6) is 0 Å². The predicted molar refractivity (Wildman–Crippen MR) is 48.2 cm³/mol. The highest BCUT2D eigenvalue weighted by Crippen LogP contribution is 2.29. The quantitative estimate of drug-likeness (QED) is 0.711. The third-order valence-corrected chi connectivity index (χ3v) is 2.94. The smallest absolute Gasteiger partial charge is 0.115 e. The zero-order valence-corrected chi connectivity index (χ0v) is 7.71. The molecule has 0 aliphatic heterocycles. The molecule has 56 valence electrons. The van der Waals surface area contributed by atoms with E-state index in [-0.39, 0.29) is 0 Å². The van der Waals surface area contributed by atoms with E-state index in [1.54, 1.807) is 0 Å². The van der Waals surface area contributed by atoms with Crippen LogP contribution in [0.2, 0.25) is 4.34 Å². The van der Waals surface area contributed by atoms with Crippen molar-refractivity contribution in [3.05, 3.63) is 21.8 Å². The molecule has 0 aliphatic rings. The minimum atomic E-state index is 0.785. The van der Waals surface area contributed by atoms with Crippen LogP contribution < -0.4 is 0 Å².